The van der Waals surface area contributed by atoms with Crippen LogP contribution in [-0.4, -0.2) is 35.6 Å². The predicted octanol–water partition coefficient (Wildman–Crippen LogP) is 2.23. The van der Waals surface area contributed by atoms with E-state index in [1.807, 2.05) is 32.9 Å². The van der Waals surface area contributed by atoms with Gasteiger partial charge in [-0.15, -0.1) is 0 Å². The summed E-state index contributed by atoms with van der Waals surface area (Å²) < 4.78 is 10.5. The van der Waals surface area contributed by atoms with Crippen molar-refractivity contribution in [1.29, 1.82) is 0 Å². The van der Waals surface area contributed by atoms with Gasteiger partial charge in [-0.3, -0.25) is 0 Å². The summed E-state index contributed by atoms with van der Waals surface area (Å²) >= 11 is 0. The van der Waals surface area contributed by atoms with Gasteiger partial charge in [0.15, 0.2) is 0 Å². The summed E-state index contributed by atoms with van der Waals surface area (Å²) in [6.45, 7) is 6.14. The maximum absolute atomic E-state index is 11.8. The number of alkyl carbamates (subject to hydrolysis) is 1. The summed E-state index contributed by atoms with van der Waals surface area (Å²) in [6.07, 6.45) is 0.248. The smallest absolute Gasteiger partial charge is 0.407 e. The third kappa shape index (κ3) is 4.74. The molecule has 1 aromatic rings. The van der Waals surface area contributed by atoms with Gasteiger partial charge in [0.05, 0.1) is 12.6 Å². The van der Waals surface area contributed by atoms with Crippen LogP contribution in [0.25, 0.3) is 0 Å². The summed E-state index contributed by atoms with van der Waals surface area (Å²) in [6, 6.07) is 6.82. The molecule has 2 N–H and O–H groups in total. The van der Waals surface area contributed by atoms with E-state index in [0.29, 0.717) is 13.0 Å². The Balaban J connectivity index is 1.94. The molecule has 1 amide bonds. The average molecular weight is 279 g/mol. The summed E-state index contributed by atoms with van der Waals surface area (Å²) in [7, 11) is 0. The number of phenolic OH excluding ortho intramolecular Hbond substituents is 1. The van der Waals surface area contributed by atoms with Gasteiger partial charge in [-0.25, -0.2) is 4.79 Å². The average Bonchev–Trinajstić information content (AvgIpc) is 3.12. The molecule has 5 heteroatoms. The molecule has 5 nitrogen and oxygen atoms in total. The van der Waals surface area contributed by atoms with Crippen LogP contribution in [0, 0.1) is 0 Å². The van der Waals surface area contributed by atoms with E-state index < -0.39 is 11.7 Å². The number of nitrogens with one attached hydrogen (secondary N) is 1. The van der Waals surface area contributed by atoms with E-state index in [9.17, 15) is 9.90 Å². The number of carbonyl (C=O) groups excluding carboxylic acids is 1. The van der Waals surface area contributed by atoms with Crippen molar-refractivity contribution in [3.63, 3.8) is 0 Å². The fourth-order valence-electron chi connectivity index (χ4n) is 1.91. The van der Waals surface area contributed by atoms with Gasteiger partial charge < -0.3 is 19.9 Å². The van der Waals surface area contributed by atoms with E-state index >= 15 is 0 Å². The number of aromatic hydroxyl groups is 1. The van der Waals surface area contributed by atoms with Crippen LogP contribution in [0.1, 0.15) is 26.3 Å². The Kier molecular flexibility index (Phi) is 4.18. The Morgan fingerprint density at radius 3 is 2.55 bits per heavy atom. The number of rotatable bonds is 4. The van der Waals surface area contributed by atoms with Gasteiger partial charge in [0.1, 0.15) is 17.5 Å². The SMILES string of the molecule is CC(C)(C)OC(=O)N[C@H](Cc1ccc(O)cc1)[C@@H]1CO1. The molecule has 0 aromatic heterocycles. The Hall–Kier alpha value is -1.75. The van der Waals surface area contributed by atoms with Crippen LogP contribution >= 0.6 is 0 Å². The summed E-state index contributed by atoms with van der Waals surface area (Å²) in [5.74, 6) is 0.230. The zero-order valence-corrected chi connectivity index (χ0v) is 12.1. The number of hydrogen-bond acceptors (Lipinski definition) is 4. The lowest BCUT2D eigenvalue weighted by molar-refractivity contribution is 0.0495. The topological polar surface area (TPSA) is 71.1 Å². The second-order valence-electron chi connectivity index (χ2n) is 6.00. The molecule has 1 aromatic carbocycles. The third-order valence-electron chi connectivity index (χ3n) is 2.90. The molecule has 0 bridgehead atoms. The van der Waals surface area contributed by atoms with Gasteiger partial charge in [0, 0.05) is 0 Å². The van der Waals surface area contributed by atoms with Crippen molar-refractivity contribution in [3.05, 3.63) is 29.8 Å². The van der Waals surface area contributed by atoms with Gasteiger partial charge in [-0.1, -0.05) is 12.1 Å². The highest BCUT2D eigenvalue weighted by Gasteiger charge is 2.34. The quantitative estimate of drug-likeness (QED) is 0.829. The molecule has 1 aliphatic rings. The Morgan fingerprint density at radius 2 is 2.05 bits per heavy atom. The number of phenols is 1. The molecule has 1 heterocycles. The Bertz CT molecular complexity index is 460. The number of carbonyl (C=O) groups is 1. The van der Waals surface area contributed by atoms with Crippen LogP contribution < -0.4 is 5.32 Å². The maximum Gasteiger partial charge on any atom is 0.407 e. The number of hydrogen-bond donors (Lipinski definition) is 2. The van der Waals surface area contributed by atoms with Crippen LogP contribution in [-0.2, 0) is 15.9 Å². The van der Waals surface area contributed by atoms with Crippen molar-refractivity contribution >= 4 is 6.09 Å². The van der Waals surface area contributed by atoms with Crippen molar-refractivity contribution in [2.24, 2.45) is 0 Å². The molecule has 0 radical (unpaired) electrons. The van der Waals surface area contributed by atoms with Gasteiger partial charge in [0.25, 0.3) is 0 Å². The highest BCUT2D eigenvalue weighted by atomic mass is 16.6. The van der Waals surface area contributed by atoms with E-state index in [0.717, 1.165) is 5.56 Å². The Morgan fingerprint density at radius 1 is 1.45 bits per heavy atom. The number of benzene rings is 1. The molecule has 20 heavy (non-hydrogen) atoms. The number of amides is 1. The zero-order valence-electron chi connectivity index (χ0n) is 12.1. The van der Waals surface area contributed by atoms with Crippen molar-refractivity contribution < 1.29 is 19.4 Å². The van der Waals surface area contributed by atoms with Crippen LogP contribution in [0.5, 0.6) is 5.75 Å². The van der Waals surface area contributed by atoms with E-state index in [-0.39, 0.29) is 17.9 Å². The molecule has 0 spiro atoms. The predicted molar refractivity (Wildman–Crippen MR) is 74.7 cm³/mol. The fraction of sp³-hybridized carbons (Fsp3) is 0.533. The number of ether oxygens (including phenoxy) is 2. The van der Waals surface area contributed by atoms with E-state index in [1.165, 1.54) is 0 Å². The van der Waals surface area contributed by atoms with Crippen molar-refractivity contribution in [3.8, 4) is 5.75 Å². The molecule has 1 saturated heterocycles. The molecule has 0 saturated carbocycles. The minimum atomic E-state index is -0.516. The molecule has 2 rings (SSSR count). The highest BCUT2D eigenvalue weighted by Crippen LogP contribution is 2.20. The first kappa shape index (κ1) is 14.7. The van der Waals surface area contributed by atoms with Gasteiger partial charge in [-0.05, 0) is 44.9 Å². The monoisotopic (exact) mass is 279 g/mol. The first-order valence-electron chi connectivity index (χ1n) is 6.72. The normalized spacial score (nSPS) is 19.2. The standard InChI is InChI=1S/C15H21NO4/c1-15(2,3)20-14(18)16-12(13-9-19-13)8-10-4-6-11(17)7-5-10/h4-7,12-13,17H,8-9H2,1-3H3,(H,16,18)/t12-,13+/m1/s1. The largest absolute Gasteiger partial charge is 0.508 e. The molecule has 110 valence electrons. The second-order valence-corrected chi connectivity index (χ2v) is 6.00. The zero-order chi connectivity index (χ0) is 14.8. The minimum absolute atomic E-state index is 0.0383. The lowest BCUT2D eigenvalue weighted by Crippen LogP contribution is -2.43. The maximum atomic E-state index is 11.8. The molecular weight excluding hydrogens is 258 g/mol. The Labute approximate surface area is 118 Å². The van der Waals surface area contributed by atoms with E-state index in [2.05, 4.69) is 5.32 Å². The van der Waals surface area contributed by atoms with Crippen molar-refractivity contribution in [1.82, 2.24) is 5.32 Å². The van der Waals surface area contributed by atoms with E-state index in [1.54, 1.807) is 12.1 Å². The fourth-order valence-corrected chi connectivity index (χ4v) is 1.91. The molecule has 1 aliphatic heterocycles. The highest BCUT2D eigenvalue weighted by molar-refractivity contribution is 5.68. The van der Waals surface area contributed by atoms with Crippen LogP contribution in [0.15, 0.2) is 24.3 Å². The molecule has 0 unspecified atom stereocenters. The molecular formula is C15H21NO4. The van der Waals surface area contributed by atoms with Crippen LogP contribution in [0.4, 0.5) is 4.79 Å². The lowest BCUT2D eigenvalue weighted by Gasteiger charge is -2.23. The molecule has 2 atom stereocenters. The first-order valence-corrected chi connectivity index (χ1v) is 6.72. The van der Waals surface area contributed by atoms with Crippen molar-refractivity contribution in [2.75, 3.05) is 6.61 Å². The van der Waals surface area contributed by atoms with Gasteiger partial charge >= 0.3 is 6.09 Å². The van der Waals surface area contributed by atoms with Crippen molar-refractivity contribution in [2.45, 2.75) is 44.9 Å². The first-order chi connectivity index (χ1) is 9.33. The van der Waals surface area contributed by atoms with Crippen LogP contribution in [0.2, 0.25) is 0 Å². The minimum Gasteiger partial charge on any atom is -0.508 e. The van der Waals surface area contributed by atoms with Gasteiger partial charge in [-0.2, -0.15) is 0 Å². The summed E-state index contributed by atoms with van der Waals surface area (Å²) in [5, 5.41) is 12.1. The lowest BCUT2D eigenvalue weighted by atomic mass is 10.0. The molecule has 0 aliphatic carbocycles. The van der Waals surface area contributed by atoms with Crippen LogP contribution in [0.3, 0.4) is 0 Å². The second kappa shape index (κ2) is 5.71. The number of epoxide rings is 1. The van der Waals surface area contributed by atoms with E-state index in [4.69, 9.17) is 9.47 Å². The third-order valence-corrected chi connectivity index (χ3v) is 2.90. The summed E-state index contributed by atoms with van der Waals surface area (Å²) in [4.78, 5) is 11.8. The molecule has 1 fully saturated rings. The van der Waals surface area contributed by atoms with Gasteiger partial charge in [0.2, 0.25) is 0 Å². The summed E-state index contributed by atoms with van der Waals surface area (Å²) in [5.41, 5.74) is 0.511.